The van der Waals surface area contributed by atoms with Crippen LogP contribution in [0.15, 0.2) is 121 Å². The van der Waals surface area contributed by atoms with Crippen molar-refractivity contribution in [3.05, 3.63) is 177 Å². The Morgan fingerprint density at radius 2 is 0.959 bits per heavy atom. The first-order valence-corrected chi connectivity index (χ1v) is 39.9. The summed E-state index contributed by atoms with van der Waals surface area (Å²) in [4.78, 5) is 43.4. The van der Waals surface area contributed by atoms with Crippen LogP contribution in [0.3, 0.4) is 0 Å². The zero-order valence-corrected chi connectivity index (χ0v) is 68.7. The van der Waals surface area contributed by atoms with Crippen LogP contribution in [0.4, 0.5) is 0 Å². The number of aliphatic carboxylic acids is 1. The van der Waals surface area contributed by atoms with Crippen molar-refractivity contribution in [2.24, 2.45) is 22.9 Å². The third-order valence-electron chi connectivity index (χ3n) is 9.85. The molecule has 97 heavy (non-hydrogen) atoms. The summed E-state index contributed by atoms with van der Waals surface area (Å²) in [6.07, 6.45) is 4.84. The van der Waals surface area contributed by atoms with Gasteiger partial charge in [0.25, 0.3) is 0 Å². The van der Waals surface area contributed by atoms with E-state index in [-0.39, 0.29) is 147 Å². The Labute approximate surface area is 672 Å². The van der Waals surface area contributed by atoms with Gasteiger partial charge < -0.3 is 74.3 Å². The molecule has 5 aromatic rings. The van der Waals surface area contributed by atoms with Crippen LogP contribution in [0.2, 0.25) is 0 Å². The Bertz CT molecular complexity index is 2870. The van der Waals surface area contributed by atoms with Crippen molar-refractivity contribution in [3.8, 4) is 0 Å². The Morgan fingerprint density at radius 3 is 1.26 bits per heavy atom. The first kappa shape index (κ1) is 116. The molecule has 0 saturated carbocycles. The second kappa shape index (κ2) is 81.3. The number of halogens is 8. The van der Waals surface area contributed by atoms with E-state index in [1.165, 1.54) is 79.4 Å². The fourth-order valence-corrected chi connectivity index (χ4v) is 7.83. The molecule has 1 aliphatic rings. The number of aliphatic hydroxyl groups is 5. The van der Waals surface area contributed by atoms with E-state index < -0.39 is 28.3 Å². The van der Waals surface area contributed by atoms with Crippen molar-refractivity contribution in [1.29, 1.82) is 10.8 Å². The molecule has 6 rings (SSSR count). The maximum atomic E-state index is 11.3. The second-order valence-electron chi connectivity index (χ2n) is 16.4. The number of nitrogens with two attached hydrogens (primary N) is 4. The summed E-state index contributed by atoms with van der Waals surface area (Å²) in [6.45, 7) is 4.26. The van der Waals surface area contributed by atoms with E-state index in [1.807, 2.05) is 66.7 Å². The number of aryl methyl sites for hydroxylation is 2. The zero-order chi connectivity index (χ0) is 72.6. The van der Waals surface area contributed by atoms with Gasteiger partial charge in [-0.25, -0.2) is 9.59 Å². The van der Waals surface area contributed by atoms with Crippen molar-refractivity contribution in [1.82, 2.24) is 0 Å². The third-order valence-corrected chi connectivity index (χ3v) is 11.7. The van der Waals surface area contributed by atoms with Gasteiger partial charge in [0.15, 0.2) is 32.8 Å². The van der Waals surface area contributed by atoms with Gasteiger partial charge in [0.05, 0.1) is 56.7 Å². The summed E-state index contributed by atoms with van der Waals surface area (Å²) in [5, 5.41) is 74.0. The number of carboxylic acid groups (broad SMARTS) is 2. The first-order valence-electron chi connectivity index (χ1n) is 26.5. The van der Waals surface area contributed by atoms with Crippen molar-refractivity contribution < 1.29 is 107 Å². The number of amidine groups is 2. The van der Waals surface area contributed by atoms with E-state index in [1.54, 1.807) is 43.3 Å². The normalized spacial score (nSPS) is 9.67. The summed E-state index contributed by atoms with van der Waals surface area (Å²) in [5.41, 5.74) is 27.8. The van der Waals surface area contributed by atoms with Gasteiger partial charge in [-0.2, -0.15) is 8.42 Å². The monoisotopic (exact) mass is 1900 g/mol. The first-order chi connectivity index (χ1) is 43.9. The maximum Gasteiger partial charge on any atom is 1.00 e. The van der Waals surface area contributed by atoms with Gasteiger partial charge in [-0.3, -0.25) is 29.5 Å². The number of methoxy groups -OCH3 is 2. The maximum absolute atomic E-state index is 11.3. The van der Waals surface area contributed by atoms with Gasteiger partial charge >= 0.3 is 53.1 Å². The number of carbonyl (C=O) groups excluding carboxylic acids is 2. The van der Waals surface area contributed by atoms with Gasteiger partial charge in [0, 0.05) is 50.4 Å². The predicted molar refractivity (Wildman–Crippen MR) is 427 cm³/mol. The van der Waals surface area contributed by atoms with Crippen LogP contribution in [0.25, 0.3) is 0 Å². The summed E-state index contributed by atoms with van der Waals surface area (Å²) in [5.74, 6) is -1.45. The number of benzene rings is 5. The summed E-state index contributed by atoms with van der Waals surface area (Å²) < 4.78 is 45.5. The van der Waals surface area contributed by atoms with Crippen LogP contribution in [-0.4, -0.2) is 174 Å². The standard InChI is InChI=1S/C11H16N4S2.C11H12O4.C9H11BrO.C9H8O4.C9H12O2.C4H8O.C2H6O.CH2Cl2.CH4N2S.CH4O.Al.Br3P.2BrH.Li.H2O4S.4H/c12-10(13)16-6-5-8-3-1-2-4-9(8)7-17-11(14)15;1-14-10(12)7-8-5-3-4-6-9(8)11(13)15-2;10-6-5-8-3-1-2-4-9(8)7-11;10-8(11)5-6-3-1-2-4-7(6)9(12)13;10-6-5-8-3-1-2-4-9(8)7-11;1-2-4-5-3-1;1-2-3;2-1-3;2-1(3)4;1-2;;1-4(2)3;;;;1-5(2,3)4;;;;/h1-4H,5-7H2,(H3,12,13)(H3,14,15);3-6H,7H2,1-2H3;1-4,11H,5-7H2;1-4H,5H2,(H,10,11)(H,12,13);1-4,10-11H,5-7H2;1-4H2;3H,2H2,1H3;1H2;(H4,2,3,4);2H,1H3;;;2*1H;;(H2,1,2,3,4);;;;/q;;;;;;;;;;;;;;+1;;;;;-1. The Balaban J connectivity index is -0.0000000976. The number of alkyl halides is 3. The van der Waals surface area contributed by atoms with E-state index in [0.29, 0.717) is 23.1 Å². The molecule has 1 heterocycles. The van der Waals surface area contributed by atoms with Crippen LogP contribution in [0.5, 0.6) is 0 Å². The molecule has 0 amide bonds. The third kappa shape index (κ3) is 81.1. The molecule has 0 radical (unpaired) electrons. The van der Waals surface area contributed by atoms with E-state index >= 15 is 0 Å². The van der Waals surface area contributed by atoms with Crippen LogP contribution < -0.4 is 41.8 Å². The Kier molecular flexibility index (Phi) is 97.3. The van der Waals surface area contributed by atoms with Crippen molar-refractivity contribution in [3.63, 3.8) is 0 Å². The molecule has 0 unspecified atom stereocenters. The topological polar surface area (TPSA) is 464 Å². The molecule has 0 bridgehead atoms. The van der Waals surface area contributed by atoms with Crippen LogP contribution >= 0.6 is 159 Å². The number of nitrogens with one attached hydrogen (secondary N) is 2. The molecule has 19 N–H and O–H groups in total. The molecular weight excluding hydrogens is 1810 g/mol. The molecule has 1 fully saturated rings. The number of esters is 2. The van der Waals surface area contributed by atoms with Gasteiger partial charge in [-0.1, -0.05) is 149 Å². The molecule has 1 aliphatic heterocycles. The fraction of sp³-hybridized carbons (Fsp3) is 0.362. The SMILES string of the molecule is Br.Br.BrP(Br)Br.C1CCOC1.CCO.CO.COC(=O)Cc1ccccc1C(=O)OC.ClCCl.N=C(N)SCCc1ccccc1CSC(=N)N.NC(N)=S.O=C(O)Cc1ccccc1C(=O)O.O=S(=O)(O)O.OCCc1ccccc1CO.OCc1ccccc1CCBr.[AlH3].[H-].[Li+]. The molecule has 0 atom stereocenters. The van der Waals surface area contributed by atoms with E-state index in [9.17, 15) is 19.2 Å². The number of carbonyl (C=O) groups is 4. The van der Waals surface area contributed by atoms with Gasteiger partial charge in [0.2, 0.25) is 0 Å². The van der Waals surface area contributed by atoms with E-state index in [0.717, 1.165) is 66.7 Å². The summed E-state index contributed by atoms with van der Waals surface area (Å²) in [6, 6.07) is 36.5. The average Bonchev–Trinajstić information content (AvgIpc) is 0.916. The van der Waals surface area contributed by atoms with Crippen molar-refractivity contribution in [2.45, 2.75) is 70.8 Å². The number of aliphatic hydroxyl groups excluding tert-OH is 5. The number of hydrogen-bond donors (Lipinski definition) is 15. The summed E-state index contributed by atoms with van der Waals surface area (Å²) in [7, 11) is -1.06. The number of hydrogen-bond acceptors (Lipinski definition) is 19. The Morgan fingerprint density at radius 1 is 0.639 bits per heavy atom. The average molecular weight is 1900 g/mol. The molecule has 0 spiro atoms. The summed E-state index contributed by atoms with van der Waals surface area (Å²) >= 11 is 29.2. The predicted octanol–water partition coefficient (Wildman–Crippen LogP) is 7.86. The molecular formula is C58H91AlBr6Cl2LiN6O18PS4. The molecule has 39 heteroatoms. The minimum atomic E-state index is -4.67. The number of thioether (sulfide) groups is 2. The van der Waals surface area contributed by atoms with Crippen molar-refractivity contribution in [2.75, 3.05) is 64.2 Å². The van der Waals surface area contributed by atoms with Crippen molar-refractivity contribution >= 4 is 226 Å². The molecule has 1 saturated heterocycles. The number of ether oxygens (including phenoxy) is 3. The van der Waals surface area contributed by atoms with E-state index in [2.05, 4.69) is 102 Å². The fourth-order valence-electron chi connectivity index (χ4n) is 6.27. The number of carboxylic acids is 2. The van der Waals surface area contributed by atoms with Crippen LogP contribution in [0.1, 0.15) is 86.4 Å². The molecule has 5 aromatic carbocycles. The van der Waals surface area contributed by atoms with Gasteiger partial charge in [0.1, 0.15) is 4.03 Å². The quantitative estimate of drug-likeness (QED) is 0.00615. The molecule has 0 aromatic heterocycles. The number of aromatic carboxylic acids is 1. The van der Waals surface area contributed by atoms with Crippen LogP contribution in [0, 0.1) is 10.8 Å². The zero-order valence-electron chi connectivity index (χ0n) is 54.2. The van der Waals surface area contributed by atoms with Gasteiger partial charge in [-0.05, 0) is 154 Å². The largest absolute Gasteiger partial charge is 1.00 e. The minimum absolute atomic E-state index is 0. The van der Waals surface area contributed by atoms with Crippen LogP contribution in [-0.2, 0) is 85.3 Å². The molecule has 550 valence electrons. The molecule has 24 nitrogen and oxygen atoms in total. The van der Waals surface area contributed by atoms with Gasteiger partial charge in [-0.15, -0.1) is 57.2 Å². The Hall–Kier alpha value is -2.04. The number of rotatable bonds is 17. The second-order valence-corrected chi connectivity index (χ2v) is 36.8. The minimum Gasteiger partial charge on any atom is -1.00 e. The van der Waals surface area contributed by atoms with E-state index in [4.69, 9.17) is 103 Å². The smallest absolute Gasteiger partial charge is 1.00 e. The number of thiocarbonyl (C=S) groups is 1. The molecule has 0 aliphatic carbocycles.